The Morgan fingerprint density at radius 2 is 2.00 bits per heavy atom. The van der Waals surface area contributed by atoms with Gasteiger partial charge in [-0.15, -0.1) is 10.2 Å². The van der Waals surface area contributed by atoms with Crippen molar-refractivity contribution in [1.82, 2.24) is 15.5 Å². The third-order valence-corrected chi connectivity index (χ3v) is 5.72. The number of rotatable bonds is 7. The first-order valence-electron chi connectivity index (χ1n) is 7.95. The van der Waals surface area contributed by atoms with Gasteiger partial charge in [-0.25, -0.2) is 0 Å². The second kappa shape index (κ2) is 8.48. The molecule has 1 atom stereocenters. The van der Waals surface area contributed by atoms with Gasteiger partial charge in [0.25, 0.3) is 0 Å². The second-order valence-electron chi connectivity index (χ2n) is 6.21. The average molecular weight is 365 g/mol. The third-order valence-electron chi connectivity index (χ3n) is 3.75. The van der Waals surface area contributed by atoms with Crippen molar-refractivity contribution in [1.29, 1.82) is 0 Å². The van der Waals surface area contributed by atoms with E-state index in [1.54, 1.807) is 0 Å². The fourth-order valence-electron chi connectivity index (χ4n) is 1.98. The molecule has 0 fully saturated rings. The number of hydrogen-bond donors (Lipinski definition) is 2. The predicted octanol–water partition coefficient (Wildman–Crippen LogP) is 4.15. The molecule has 130 valence electrons. The van der Waals surface area contributed by atoms with Gasteiger partial charge in [0.2, 0.25) is 11.0 Å². The fourth-order valence-corrected chi connectivity index (χ4v) is 3.55. The minimum atomic E-state index is 0.0280. The molecule has 0 aliphatic heterocycles. The van der Waals surface area contributed by atoms with Crippen molar-refractivity contribution in [2.75, 3.05) is 11.1 Å². The lowest BCUT2D eigenvalue weighted by molar-refractivity contribution is -0.119. The van der Waals surface area contributed by atoms with Gasteiger partial charge in [0.15, 0.2) is 4.34 Å². The highest BCUT2D eigenvalue weighted by Crippen LogP contribution is 2.28. The Morgan fingerprint density at radius 3 is 2.67 bits per heavy atom. The number of thioether (sulfide) groups is 1. The van der Waals surface area contributed by atoms with Crippen LogP contribution in [0.25, 0.3) is 0 Å². The summed E-state index contributed by atoms with van der Waals surface area (Å²) < 4.78 is 0.787. The van der Waals surface area contributed by atoms with Gasteiger partial charge in [-0.3, -0.25) is 4.79 Å². The number of amides is 1. The molecule has 0 unspecified atom stereocenters. The summed E-state index contributed by atoms with van der Waals surface area (Å²) >= 11 is 2.87. The van der Waals surface area contributed by atoms with Crippen molar-refractivity contribution >= 4 is 39.8 Å². The lowest BCUT2D eigenvalue weighted by Crippen LogP contribution is -2.37. The largest absolute Gasteiger partial charge is 0.353 e. The van der Waals surface area contributed by atoms with E-state index in [1.165, 1.54) is 34.2 Å². The molecular formula is C17H24N4OS2. The van der Waals surface area contributed by atoms with Crippen LogP contribution in [0.15, 0.2) is 22.5 Å². The maximum atomic E-state index is 11.9. The van der Waals surface area contributed by atoms with Gasteiger partial charge in [-0.05, 0) is 38.3 Å². The van der Waals surface area contributed by atoms with E-state index < -0.39 is 0 Å². The second-order valence-corrected chi connectivity index (χ2v) is 8.41. The first-order chi connectivity index (χ1) is 11.3. The molecule has 2 rings (SSSR count). The first kappa shape index (κ1) is 18.7. The summed E-state index contributed by atoms with van der Waals surface area (Å²) in [7, 11) is 0. The zero-order valence-corrected chi connectivity index (χ0v) is 16.3. The number of nitrogens with one attached hydrogen (secondary N) is 2. The maximum absolute atomic E-state index is 11.9. The summed E-state index contributed by atoms with van der Waals surface area (Å²) in [5.74, 6) is 0.809. The monoisotopic (exact) mass is 364 g/mol. The number of nitrogens with zero attached hydrogens (tertiary/aromatic N) is 2. The summed E-state index contributed by atoms with van der Waals surface area (Å²) in [6, 6.07) is 6.40. The van der Waals surface area contributed by atoms with E-state index in [-0.39, 0.29) is 11.9 Å². The van der Waals surface area contributed by atoms with E-state index in [1.807, 2.05) is 13.0 Å². The molecule has 0 spiro atoms. The number of benzene rings is 1. The number of carbonyl (C=O) groups excluding carboxylic acids is 1. The zero-order chi connectivity index (χ0) is 17.7. The Morgan fingerprint density at radius 1 is 1.25 bits per heavy atom. The van der Waals surface area contributed by atoms with Crippen molar-refractivity contribution < 1.29 is 4.79 Å². The summed E-state index contributed by atoms with van der Waals surface area (Å²) in [5, 5.41) is 15.3. The van der Waals surface area contributed by atoms with Crippen LogP contribution in [0.4, 0.5) is 10.8 Å². The Bertz CT molecular complexity index is 700. The third kappa shape index (κ3) is 5.49. The quantitative estimate of drug-likeness (QED) is 0.723. The molecular weight excluding hydrogens is 340 g/mol. The summed E-state index contributed by atoms with van der Waals surface area (Å²) in [5.41, 5.74) is 3.42. The molecule has 1 amide bonds. The zero-order valence-electron chi connectivity index (χ0n) is 14.7. The van der Waals surface area contributed by atoms with Crippen LogP contribution in [-0.4, -0.2) is 27.9 Å². The van der Waals surface area contributed by atoms with Crippen LogP contribution < -0.4 is 10.6 Å². The van der Waals surface area contributed by atoms with Crippen molar-refractivity contribution in [2.45, 2.75) is 45.0 Å². The molecule has 1 aromatic carbocycles. The van der Waals surface area contributed by atoms with Gasteiger partial charge in [0.05, 0.1) is 5.75 Å². The lowest BCUT2D eigenvalue weighted by Gasteiger charge is -2.16. The molecule has 0 aliphatic rings. The molecule has 2 N–H and O–H groups in total. The van der Waals surface area contributed by atoms with Crippen LogP contribution in [0.2, 0.25) is 0 Å². The molecule has 0 saturated carbocycles. The number of anilines is 2. The van der Waals surface area contributed by atoms with Gasteiger partial charge in [-0.1, -0.05) is 54.6 Å². The Kier molecular flexibility index (Phi) is 6.62. The molecule has 7 heteroatoms. The molecule has 0 bridgehead atoms. The minimum absolute atomic E-state index is 0.0280. The minimum Gasteiger partial charge on any atom is -0.353 e. The van der Waals surface area contributed by atoms with Gasteiger partial charge in [0.1, 0.15) is 0 Å². The molecule has 1 heterocycles. The lowest BCUT2D eigenvalue weighted by atomic mass is 10.1. The van der Waals surface area contributed by atoms with Crippen LogP contribution in [0, 0.1) is 19.8 Å². The highest BCUT2D eigenvalue weighted by atomic mass is 32.2. The van der Waals surface area contributed by atoms with Gasteiger partial charge >= 0.3 is 0 Å². The molecule has 1 aromatic heterocycles. The fraction of sp³-hybridized carbons (Fsp3) is 0.471. The summed E-state index contributed by atoms with van der Waals surface area (Å²) in [6.07, 6.45) is 0. The molecule has 0 saturated heterocycles. The smallest absolute Gasteiger partial charge is 0.230 e. The van der Waals surface area contributed by atoms with Crippen molar-refractivity contribution in [3.8, 4) is 0 Å². The number of aromatic nitrogens is 2. The molecule has 5 nitrogen and oxygen atoms in total. The average Bonchev–Trinajstić information content (AvgIpc) is 2.95. The topological polar surface area (TPSA) is 66.9 Å². The van der Waals surface area contributed by atoms with Crippen LogP contribution >= 0.6 is 23.1 Å². The molecule has 0 radical (unpaired) electrons. The van der Waals surface area contributed by atoms with E-state index in [0.717, 1.165) is 15.2 Å². The van der Waals surface area contributed by atoms with E-state index in [4.69, 9.17) is 0 Å². The van der Waals surface area contributed by atoms with Gasteiger partial charge in [-0.2, -0.15) is 0 Å². The molecule has 2 aromatic rings. The van der Waals surface area contributed by atoms with Gasteiger partial charge in [0, 0.05) is 11.7 Å². The van der Waals surface area contributed by atoms with E-state index in [9.17, 15) is 4.79 Å². The van der Waals surface area contributed by atoms with Crippen molar-refractivity contribution in [3.05, 3.63) is 29.3 Å². The summed E-state index contributed by atoms with van der Waals surface area (Å²) in [6.45, 7) is 10.3. The van der Waals surface area contributed by atoms with Crippen LogP contribution in [0.3, 0.4) is 0 Å². The highest BCUT2D eigenvalue weighted by Gasteiger charge is 2.13. The Balaban J connectivity index is 1.88. The number of aryl methyl sites for hydroxylation is 2. The predicted molar refractivity (Wildman–Crippen MR) is 102 cm³/mol. The van der Waals surface area contributed by atoms with Crippen molar-refractivity contribution in [2.24, 2.45) is 5.92 Å². The highest BCUT2D eigenvalue weighted by molar-refractivity contribution is 8.01. The van der Waals surface area contributed by atoms with Crippen molar-refractivity contribution in [3.63, 3.8) is 0 Å². The van der Waals surface area contributed by atoms with Crippen LogP contribution in [-0.2, 0) is 4.79 Å². The first-order valence-corrected chi connectivity index (χ1v) is 9.75. The Hall–Kier alpha value is -1.60. The number of carbonyl (C=O) groups is 1. The van der Waals surface area contributed by atoms with E-state index >= 15 is 0 Å². The van der Waals surface area contributed by atoms with Crippen LogP contribution in [0.1, 0.15) is 31.9 Å². The van der Waals surface area contributed by atoms with Gasteiger partial charge < -0.3 is 10.6 Å². The maximum Gasteiger partial charge on any atom is 0.230 e. The summed E-state index contributed by atoms with van der Waals surface area (Å²) in [4.78, 5) is 11.9. The van der Waals surface area contributed by atoms with Crippen LogP contribution in [0.5, 0.6) is 0 Å². The standard InChI is InChI=1S/C17H24N4OS2/c1-10(2)13(5)18-15(22)9-23-17-21-20-16(24-17)19-14-7-6-11(3)8-12(14)4/h6-8,10,13H,9H2,1-5H3,(H,18,22)(H,19,20)/t13-/m0/s1. The SMILES string of the molecule is Cc1ccc(Nc2nnc(SCC(=O)N[C@@H](C)C(C)C)s2)c(C)c1. The molecule has 0 aliphatic carbocycles. The normalized spacial score (nSPS) is 12.2. The number of hydrogen-bond acceptors (Lipinski definition) is 6. The molecule has 24 heavy (non-hydrogen) atoms. The van der Waals surface area contributed by atoms with E-state index in [2.05, 4.69) is 60.7 Å². The Labute approximate surface area is 151 Å². The van der Waals surface area contributed by atoms with E-state index in [0.29, 0.717) is 11.7 Å².